The molecule has 0 saturated heterocycles. The predicted octanol–water partition coefficient (Wildman–Crippen LogP) is 0.881. The maximum atomic E-state index is 4.38. The van der Waals surface area contributed by atoms with Gasteiger partial charge in [0.25, 0.3) is 0 Å². The van der Waals surface area contributed by atoms with Crippen LogP contribution in [0.25, 0.3) is 0 Å². The van der Waals surface area contributed by atoms with Gasteiger partial charge in [0, 0.05) is 7.05 Å². The number of aliphatic imine (C=N–C) groups is 1. The first kappa shape index (κ1) is 5.27. The minimum absolute atomic E-state index is 0.648. The van der Waals surface area contributed by atoms with Crippen molar-refractivity contribution in [2.45, 2.75) is 31.3 Å². The van der Waals surface area contributed by atoms with E-state index in [2.05, 4.69) is 16.9 Å². The Bertz CT molecular complexity index is 142. The lowest BCUT2D eigenvalue weighted by Crippen LogP contribution is -2.28. The van der Waals surface area contributed by atoms with Gasteiger partial charge in [-0.1, -0.05) is 0 Å². The van der Waals surface area contributed by atoms with Gasteiger partial charge in [-0.25, -0.2) is 0 Å². The van der Waals surface area contributed by atoms with Crippen LogP contribution in [-0.2, 0) is 0 Å². The molecular weight excluding hydrogens is 112 g/mol. The smallest absolute Gasteiger partial charge is 0.0854 e. The van der Waals surface area contributed by atoms with E-state index in [1.807, 2.05) is 6.34 Å². The summed E-state index contributed by atoms with van der Waals surface area (Å²) in [5, 5.41) is 0. The second kappa shape index (κ2) is 1.72. The fraction of sp³-hybridized carbons (Fsp3) is 0.857. The van der Waals surface area contributed by atoms with Gasteiger partial charge in [0.15, 0.2) is 0 Å². The largest absolute Gasteiger partial charge is 0.361 e. The van der Waals surface area contributed by atoms with Gasteiger partial charge in [-0.05, 0) is 19.3 Å². The summed E-state index contributed by atoms with van der Waals surface area (Å²) in [6.45, 7) is 0. The summed E-state index contributed by atoms with van der Waals surface area (Å²) in [6.07, 6.45) is 6.01. The molecule has 2 nitrogen and oxygen atoms in total. The van der Waals surface area contributed by atoms with Gasteiger partial charge in [0.2, 0.25) is 0 Å². The van der Waals surface area contributed by atoms with Gasteiger partial charge in [0.05, 0.1) is 18.4 Å². The van der Waals surface area contributed by atoms with Gasteiger partial charge >= 0.3 is 0 Å². The zero-order chi connectivity index (χ0) is 6.27. The fourth-order valence-corrected chi connectivity index (χ4v) is 1.85. The lowest BCUT2D eigenvalue weighted by Gasteiger charge is -2.16. The highest BCUT2D eigenvalue weighted by molar-refractivity contribution is 5.58. The predicted molar refractivity (Wildman–Crippen MR) is 37.7 cm³/mol. The number of likely N-dealkylation sites (N-methyl/N-ethyl adjacent to an activating group) is 1. The van der Waals surface area contributed by atoms with E-state index < -0.39 is 0 Å². The summed E-state index contributed by atoms with van der Waals surface area (Å²) in [5.74, 6) is 0. The highest BCUT2D eigenvalue weighted by atomic mass is 15.2. The van der Waals surface area contributed by atoms with Crippen molar-refractivity contribution in [1.82, 2.24) is 4.90 Å². The average molecular weight is 124 g/mol. The third kappa shape index (κ3) is 0.655. The molecule has 0 amide bonds. The molecule has 0 aromatic rings. The first-order valence-electron chi connectivity index (χ1n) is 3.63. The SMILES string of the molecule is CN1C=NC2CCCC21. The summed E-state index contributed by atoms with van der Waals surface area (Å²) in [5.41, 5.74) is 0. The third-order valence-corrected chi connectivity index (χ3v) is 2.41. The van der Waals surface area contributed by atoms with Crippen molar-refractivity contribution >= 4 is 6.34 Å². The number of hydrogen-bond donors (Lipinski definition) is 0. The van der Waals surface area contributed by atoms with Crippen molar-refractivity contribution in [3.8, 4) is 0 Å². The molecule has 9 heavy (non-hydrogen) atoms. The van der Waals surface area contributed by atoms with Crippen molar-refractivity contribution in [3.05, 3.63) is 0 Å². The minimum Gasteiger partial charge on any atom is -0.361 e. The monoisotopic (exact) mass is 124 g/mol. The number of hydrogen-bond acceptors (Lipinski definition) is 2. The summed E-state index contributed by atoms with van der Waals surface area (Å²) >= 11 is 0. The van der Waals surface area contributed by atoms with Crippen LogP contribution >= 0.6 is 0 Å². The molecule has 2 aliphatic rings. The van der Waals surface area contributed by atoms with Crippen LogP contribution in [0.1, 0.15) is 19.3 Å². The van der Waals surface area contributed by atoms with Crippen LogP contribution in [0, 0.1) is 0 Å². The molecule has 1 fully saturated rings. The highest BCUT2D eigenvalue weighted by Gasteiger charge is 2.32. The van der Waals surface area contributed by atoms with E-state index >= 15 is 0 Å². The van der Waals surface area contributed by atoms with Crippen LogP contribution in [0.15, 0.2) is 4.99 Å². The maximum Gasteiger partial charge on any atom is 0.0854 e. The van der Waals surface area contributed by atoms with Crippen molar-refractivity contribution < 1.29 is 0 Å². The van der Waals surface area contributed by atoms with E-state index in [9.17, 15) is 0 Å². The molecule has 2 unspecified atom stereocenters. The van der Waals surface area contributed by atoms with Gasteiger partial charge in [-0.15, -0.1) is 0 Å². The van der Waals surface area contributed by atoms with Crippen LogP contribution in [-0.4, -0.2) is 30.4 Å². The highest BCUT2D eigenvalue weighted by Crippen LogP contribution is 2.28. The molecule has 0 spiro atoms. The zero-order valence-corrected chi connectivity index (χ0v) is 5.75. The number of rotatable bonds is 0. The van der Waals surface area contributed by atoms with Crippen LogP contribution in [0.5, 0.6) is 0 Å². The Morgan fingerprint density at radius 3 is 3.22 bits per heavy atom. The molecule has 1 heterocycles. The van der Waals surface area contributed by atoms with E-state index in [0.29, 0.717) is 6.04 Å². The molecule has 0 aromatic carbocycles. The van der Waals surface area contributed by atoms with Gasteiger partial charge in [0.1, 0.15) is 0 Å². The van der Waals surface area contributed by atoms with Gasteiger partial charge in [-0.2, -0.15) is 0 Å². The Kier molecular flexibility index (Phi) is 1.01. The fourth-order valence-electron chi connectivity index (χ4n) is 1.85. The van der Waals surface area contributed by atoms with Gasteiger partial charge < -0.3 is 4.90 Å². The van der Waals surface area contributed by atoms with E-state index in [1.54, 1.807) is 0 Å². The molecule has 1 aliphatic carbocycles. The van der Waals surface area contributed by atoms with Gasteiger partial charge in [-0.3, -0.25) is 4.99 Å². The molecular formula is C7H12N2. The first-order valence-corrected chi connectivity index (χ1v) is 3.63. The second-order valence-electron chi connectivity index (χ2n) is 3.00. The molecule has 2 heteroatoms. The van der Waals surface area contributed by atoms with Crippen molar-refractivity contribution in [1.29, 1.82) is 0 Å². The summed E-state index contributed by atoms with van der Waals surface area (Å²) in [6, 6.07) is 1.40. The van der Waals surface area contributed by atoms with E-state index in [-0.39, 0.29) is 0 Å². The van der Waals surface area contributed by atoms with Crippen molar-refractivity contribution in [2.75, 3.05) is 7.05 Å². The Balaban J connectivity index is 2.15. The van der Waals surface area contributed by atoms with E-state index in [1.165, 1.54) is 19.3 Å². The quantitative estimate of drug-likeness (QED) is 0.468. The molecule has 0 aromatic heterocycles. The second-order valence-corrected chi connectivity index (χ2v) is 3.00. The van der Waals surface area contributed by atoms with E-state index in [0.717, 1.165) is 6.04 Å². The Morgan fingerprint density at radius 1 is 1.56 bits per heavy atom. The van der Waals surface area contributed by atoms with Crippen molar-refractivity contribution in [2.24, 2.45) is 4.99 Å². The molecule has 0 N–H and O–H groups in total. The molecule has 2 atom stereocenters. The summed E-state index contributed by atoms with van der Waals surface area (Å²) in [7, 11) is 2.12. The average Bonchev–Trinajstić information content (AvgIpc) is 2.35. The van der Waals surface area contributed by atoms with Crippen molar-refractivity contribution in [3.63, 3.8) is 0 Å². The zero-order valence-electron chi connectivity index (χ0n) is 5.75. The Hall–Kier alpha value is -0.530. The molecule has 0 bridgehead atoms. The standard InChI is InChI=1S/C7H12N2/c1-9-5-8-6-3-2-4-7(6)9/h5-7H,2-4H2,1H3. The molecule has 1 aliphatic heterocycles. The lowest BCUT2D eigenvalue weighted by atomic mass is 10.2. The molecule has 50 valence electrons. The minimum atomic E-state index is 0.648. The Labute approximate surface area is 55.6 Å². The molecule has 2 rings (SSSR count). The van der Waals surface area contributed by atoms with Crippen LogP contribution in [0.4, 0.5) is 0 Å². The van der Waals surface area contributed by atoms with Crippen LogP contribution in [0.2, 0.25) is 0 Å². The van der Waals surface area contributed by atoms with E-state index in [4.69, 9.17) is 0 Å². The normalized spacial score (nSPS) is 39.9. The first-order chi connectivity index (χ1) is 4.38. The van der Waals surface area contributed by atoms with Crippen LogP contribution < -0.4 is 0 Å². The lowest BCUT2D eigenvalue weighted by molar-refractivity contribution is 0.387. The Morgan fingerprint density at radius 2 is 2.44 bits per heavy atom. The topological polar surface area (TPSA) is 15.6 Å². The molecule has 0 radical (unpaired) electrons. The molecule has 1 saturated carbocycles. The summed E-state index contributed by atoms with van der Waals surface area (Å²) < 4.78 is 0. The number of nitrogens with zero attached hydrogens (tertiary/aromatic N) is 2. The third-order valence-electron chi connectivity index (χ3n) is 2.41. The number of fused-ring (bicyclic) bond motifs is 1. The summed E-state index contributed by atoms with van der Waals surface area (Å²) in [4.78, 5) is 6.63. The maximum absolute atomic E-state index is 4.38. The van der Waals surface area contributed by atoms with Crippen LogP contribution in [0.3, 0.4) is 0 Å².